The molecule has 0 amide bonds. The summed E-state index contributed by atoms with van der Waals surface area (Å²) in [7, 11) is 0. The molecule has 4 nitrogen and oxygen atoms in total. The van der Waals surface area contributed by atoms with Crippen LogP contribution in [0.4, 0.5) is 17.1 Å². The molecular weight excluding hydrogens is 212 g/mol. The fourth-order valence-electron chi connectivity index (χ4n) is 1.79. The first-order valence-electron chi connectivity index (χ1n) is 6.28. The van der Waals surface area contributed by atoms with Crippen molar-refractivity contribution in [3.63, 3.8) is 0 Å². The summed E-state index contributed by atoms with van der Waals surface area (Å²) < 4.78 is 0. The quantitative estimate of drug-likeness (QED) is 0.633. The smallest absolute Gasteiger partial charge is 0.0568 e. The first kappa shape index (κ1) is 13.6. The van der Waals surface area contributed by atoms with Crippen molar-refractivity contribution in [2.24, 2.45) is 0 Å². The van der Waals surface area contributed by atoms with Gasteiger partial charge in [-0.1, -0.05) is 13.8 Å². The lowest BCUT2D eigenvalue weighted by Crippen LogP contribution is -2.29. The number of nitrogens with two attached hydrogens (primary N) is 2. The van der Waals surface area contributed by atoms with Gasteiger partial charge in [-0.05, 0) is 37.7 Å². The summed E-state index contributed by atoms with van der Waals surface area (Å²) in [6, 6.07) is 5.68. The van der Waals surface area contributed by atoms with Crippen molar-refractivity contribution < 1.29 is 0 Å². The zero-order valence-corrected chi connectivity index (χ0v) is 10.9. The molecule has 0 radical (unpaired) electrons. The normalized spacial score (nSPS) is 10.8. The van der Waals surface area contributed by atoms with Gasteiger partial charge in [0.25, 0.3) is 0 Å². The van der Waals surface area contributed by atoms with Gasteiger partial charge in [-0.15, -0.1) is 0 Å². The summed E-state index contributed by atoms with van der Waals surface area (Å²) >= 11 is 0. The van der Waals surface area contributed by atoms with Gasteiger partial charge in [0.2, 0.25) is 0 Å². The van der Waals surface area contributed by atoms with Crippen molar-refractivity contribution in [2.75, 3.05) is 43.0 Å². The molecule has 0 bridgehead atoms. The highest BCUT2D eigenvalue weighted by molar-refractivity contribution is 5.69. The van der Waals surface area contributed by atoms with Gasteiger partial charge in [-0.25, -0.2) is 0 Å². The van der Waals surface area contributed by atoms with Gasteiger partial charge in [0.1, 0.15) is 0 Å². The van der Waals surface area contributed by atoms with Crippen molar-refractivity contribution in [2.45, 2.75) is 20.3 Å². The largest absolute Gasteiger partial charge is 0.397 e. The molecule has 4 heteroatoms. The Morgan fingerprint density at radius 2 is 1.88 bits per heavy atom. The van der Waals surface area contributed by atoms with Crippen LogP contribution in [-0.4, -0.2) is 31.1 Å². The Morgan fingerprint density at radius 1 is 1.12 bits per heavy atom. The van der Waals surface area contributed by atoms with Crippen molar-refractivity contribution in [3.8, 4) is 0 Å². The molecule has 5 N–H and O–H groups in total. The minimum absolute atomic E-state index is 0.635. The molecule has 0 heterocycles. The van der Waals surface area contributed by atoms with E-state index in [1.54, 1.807) is 0 Å². The summed E-state index contributed by atoms with van der Waals surface area (Å²) in [4.78, 5) is 2.42. The van der Waals surface area contributed by atoms with E-state index in [1.807, 2.05) is 18.2 Å². The van der Waals surface area contributed by atoms with Crippen molar-refractivity contribution in [1.82, 2.24) is 4.90 Å². The lowest BCUT2D eigenvalue weighted by molar-refractivity contribution is 0.300. The lowest BCUT2D eigenvalue weighted by Gasteiger charge is -2.20. The third-order valence-corrected chi connectivity index (χ3v) is 2.83. The molecule has 1 aromatic carbocycles. The Labute approximate surface area is 104 Å². The topological polar surface area (TPSA) is 67.3 Å². The molecular formula is C13H24N4. The predicted molar refractivity (Wildman–Crippen MR) is 76.2 cm³/mol. The molecule has 0 fully saturated rings. The SMILES string of the molecule is CCCN(CC)CCNc1ccc(N)c(N)c1. The molecule has 0 atom stereocenters. The van der Waals surface area contributed by atoms with Crippen LogP contribution in [-0.2, 0) is 0 Å². The number of benzene rings is 1. The van der Waals surface area contributed by atoms with Gasteiger partial charge < -0.3 is 21.7 Å². The summed E-state index contributed by atoms with van der Waals surface area (Å²) in [6.07, 6.45) is 1.20. The third-order valence-electron chi connectivity index (χ3n) is 2.83. The number of nitrogen functional groups attached to an aromatic ring is 2. The van der Waals surface area contributed by atoms with Crippen molar-refractivity contribution >= 4 is 17.1 Å². The highest BCUT2D eigenvalue weighted by Crippen LogP contribution is 2.19. The highest BCUT2D eigenvalue weighted by atomic mass is 15.1. The highest BCUT2D eigenvalue weighted by Gasteiger charge is 2.01. The van der Waals surface area contributed by atoms with Crippen molar-refractivity contribution in [3.05, 3.63) is 18.2 Å². The fraction of sp³-hybridized carbons (Fsp3) is 0.538. The number of likely N-dealkylation sites (N-methyl/N-ethyl adjacent to an activating group) is 1. The van der Waals surface area contributed by atoms with Crippen molar-refractivity contribution in [1.29, 1.82) is 0 Å². The molecule has 1 rings (SSSR count). The zero-order chi connectivity index (χ0) is 12.7. The molecule has 17 heavy (non-hydrogen) atoms. The van der Waals surface area contributed by atoms with Gasteiger partial charge >= 0.3 is 0 Å². The molecule has 0 aliphatic heterocycles. The number of hydrogen-bond acceptors (Lipinski definition) is 4. The summed E-state index contributed by atoms with van der Waals surface area (Å²) in [6.45, 7) is 8.63. The number of anilines is 3. The average Bonchev–Trinajstić information content (AvgIpc) is 2.32. The standard InChI is InChI=1S/C13H24N4/c1-3-8-17(4-2)9-7-16-11-5-6-12(14)13(15)10-11/h5-6,10,16H,3-4,7-9,14-15H2,1-2H3. The van der Waals surface area contributed by atoms with Crippen LogP contribution >= 0.6 is 0 Å². The molecule has 1 aromatic rings. The van der Waals surface area contributed by atoms with E-state index in [1.165, 1.54) is 6.42 Å². The predicted octanol–water partition coefficient (Wildman–Crippen LogP) is 1.99. The molecule has 0 spiro atoms. The van der Waals surface area contributed by atoms with E-state index >= 15 is 0 Å². The van der Waals surface area contributed by atoms with E-state index in [4.69, 9.17) is 11.5 Å². The second kappa shape index (κ2) is 7.01. The molecule has 0 aliphatic carbocycles. The molecule has 0 saturated carbocycles. The van der Waals surface area contributed by atoms with E-state index in [0.717, 1.165) is 31.9 Å². The van der Waals surface area contributed by atoms with Gasteiger partial charge in [0, 0.05) is 18.8 Å². The van der Waals surface area contributed by atoms with Crippen LogP contribution in [0.15, 0.2) is 18.2 Å². The Morgan fingerprint density at radius 3 is 2.47 bits per heavy atom. The summed E-state index contributed by atoms with van der Waals surface area (Å²) in [5, 5.41) is 3.36. The minimum Gasteiger partial charge on any atom is -0.397 e. The Bertz CT molecular complexity index is 338. The number of hydrogen-bond donors (Lipinski definition) is 3. The first-order valence-corrected chi connectivity index (χ1v) is 6.28. The monoisotopic (exact) mass is 236 g/mol. The minimum atomic E-state index is 0.635. The zero-order valence-electron chi connectivity index (χ0n) is 10.9. The van der Waals surface area contributed by atoms with Crippen LogP contribution in [0.3, 0.4) is 0 Å². The van der Waals surface area contributed by atoms with Crippen LogP contribution in [0.2, 0.25) is 0 Å². The maximum atomic E-state index is 5.75. The summed E-state index contributed by atoms with van der Waals surface area (Å²) in [5.74, 6) is 0. The van der Waals surface area contributed by atoms with Crippen LogP contribution in [0.1, 0.15) is 20.3 Å². The van der Waals surface area contributed by atoms with Gasteiger partial charge in [0.05, 0.1) is 11.4 Å². The maximum Gasteiger partial charge on any atom is 0.0568 e. The van der Waals surface area contributed by atoms with Gasteiger partial charge in [-0.2, -0.15) is 0 Å². The summed E-state index contributed by atoms with van der Waals surface area (Å²) in [5.41, 5.74) is 13.7. The Balaban J connectivity index is 2.37. The number of rotatable bonds is 7. The van der Waals surface area contributed by atoms with E-state index in [-0.39, 0.29) is 0 Å². The maximum absolute atomic E-state index is 5.75. The molecule has 0 aromatic heterocycles. The molecule has 96 valence electrons. The third kappa shape index (κ3) is 4.53. The average molecular weight is 236 g/mol. The number of nitrogens with zero attached hydrogens (tertiary/aromatic N) is 1. The van der Waals surface area contributed by atoms with E-state index in [2.05, 4.69) is 24.1 Å². The van der Waals surface area contributed by atoms with E-state index in [0.29, 0.717) is 11.4 Å². The number of nitrogens with one attached hydrogen (secondary N) is 1. The van der Waals surface area contributed by atoms with E-state index in [9.17, 15) is 0 Å². The first-order chi connectivity index (χ1) is 8.17. The van der Waals surface area contributed by atoms with Gasteiger partial charge in [-0.3, -0.25) is 0 Å². The second-order valence-electron chi connectivity index (χ2n) is 4.20. The second-order valence-corrected chi connectivity index (χ2v) is 4.20. The molecule has 0 saturated heterocycles. The lowest BCUT2D eigenvalue weighted by atomic mass is 10.2. The van der Waals surface area contributed by atoms with Crippen LogP contribution < -0.4 is 16.8 Å². The fourth-order valence-corrected chi connectivity index (χ4v) is 1.79. The molecule has 0 aliphatic rings. The Kier molecular flexibility index (Phi) is 5.63. The van der Waals surface area contributed by atoms with Gasteiger partial charge in [0.15, 0.2) is 0 Å². The van der Waals surface area contributed by atoms with Crippen LogP contribution in [0.5, 0.6) is 0 Å². The Hall–Kier alpha value is -1.42. The van der Waals surface area contributed by atoms with Crippen LogP contribution in [0.25, 0.3) is 0 Å². The van der Waals surface area contributed by atoms with E-state index < -0.39 is 0 Å². The molecule has 0 unspecified atom stereocenters. The van der Waals surface area contributed by atoms with Crippen LogP contribution in [0, 0.1) is 0 Å².